The van der Waals surface area contributed by atoms with Gasteiger partial charge in [0.05, 0.1) is 6.20 Å². The van der Waals surface area contributed by atoms with Crippen molar-refractivity contribution in [3.05, 3.63) is 64.7 Å². The van der Waals surface area contributed by atoms with Crippen LogP contribution < -0.4 is 5.73 Å². The molecule has 1 aliphatic rings. The number of primary amides is 1. The van der Waals surface area contributed by atoms with Crippen LogP contribution in [0.3, 0.4) is 0 Å². The van der Waals surface area contributed by atoms with Crippen molar-refractivity contribution in [2.24, 2.45) is 5.73 Å². The van der Waals surface area contributed by atoms with Gasteiger partial charge in [0, 0.05) is 36.1 Å². The molecule has 2 heterocycles. The molecule has 0 radical (unpaired) electrons. The molecule has 0 bridgehead atoms. The van der Waals surface area contributed by atoms with Gasteiger partial charge in [-0.1, -0.05) is 6.07 Å². The average Bonchev–Trinajstić information content (AvgIpc) is 3.42. The van der Waals surface area contributed by atoms with Crippen molar-refractivity contribution in [3.63, 3.8) is 0 Å². The molecule has 1 fully saturated rings. The Balaban J connectivity index is 1.56. The minimum absolute atomic E-state index is 0.0706. The number of halogens is 1. The molecule has 4 rings (SSSR count). The van der Waals surface area contributed by atoms with E-state index in [9.17, 15) is 14.0 Å². The zero-order chi connectivity index (χ0) is 19.7. The molecule has 1 saturated carbocycles. The van der Waals surface area contributed by atoms with E-state index in [0.29, 0.717) is 21.3 Å². The summed E-state index contributed by atoms with van der Waals surface area (Å²) in [6.45, 7) is 0.115. The molecule has 9 heteroatoms. The van der Waals surface area contributed by atoms with Crippen molar-refractivity contribution in [3.8, 4) is 10.8 Å². The van der Waals surface area contributed by atoms with E-state index in [4.69, 9.17) is 5.73 Å². The Kier molecular flexibility index (Phi) is 4.82. The third-order valence-corrected chi connectivity index (χ3v) is 5.38. The second-order valence-corrected chi connectivity index (χ2v) is 7.47. The zero-order valence-corrected chi connectivity index (χ0v) is 15.5. The smallest absolute Gasteiger partial charge is 0.266 e. The van der Waals surface area contributed by atoms with Crippen LogP contribution in [0.5, 0.6) is 0 Å². The summed E-state index contributed by atoms with van der Waals surface area (Å²) in [7, 11) is 0. The van der Waals surface area contributed by atoms with Crippen molar-refractivity contribution in [1.29, 1.82) is 0 Å². The van der Waals surface area contributed by atoms with Gasteiger partial charge in [-0.15, -0.1) is 11.3 Å². The van der Waals surface area contributed by atoms with E-state index in [1.165, 1.54) is 29.7 Å². The Morgan fingerprint density at radius 1 is 1.21 bits per heavy atom. The largest absolute Gasteiger partial charge is 0.366 e. The summed E-state index contributed by atoms with van der Waals surface area (Å²) < 4.78 is 14.4. The molecule has 1 aliphatic carbocycles. The van der Waals surface area contributed by atoms with E-state index in [0.717, 1.165) is 18.9 Å². The van der Waals surface area contributed by atoms with Crippen molar-refractivity contribution >= 4 is 23.2 Å². The van der Waals surface area contributed by atoms with Gasteiger partial charge in [0.1, 0.15) is 10.7 Å². The van der Waals surface area contributed by atoms with Gasteiger partial charge in [0.2, 0.25) is 5.91 Å². The Labute approximate surface area is 164 Å². The molecule has 7 nitrogen and oxygen atoms in total. The van der Waals surface area contributed by atoms with Gasteiger partial charge in [-0.25, -0.2) is 19.3 Å². The average molecular weight is 397 g/mol. The van der Waals surface area contributed by atoms with Gasteiger partial charge in [-0.2, -0.15) is 0 Å². The molecule has 28 heavy (non-hydrogen) atoms. The predicted molar refractivity (Wildman–Crippen MR) is 101 cm³/mol. The molecule has 0 saturated heterocycles. The molecule has 2 amide bonds. The predicted octanol–water partition coefficient (Wildman–Crippen LogP) is 2.64. The van der Waals surface area contributed by atoms with Crippen LogP contribution in [-0.2, 0) is 6.54 Å². The lowest BCUT2D eigenvalue weighted by Crippen LogP contribution is -2.32. The summed E-state index contributed by atoms with van der Waals surface area (Å²) in [6, 6.07) is 5.84. The molecule has 2 aromatic heterocycles. The van der Waals surface area contributed by atoms with E-state index >= 15 is 0 Å². The maximum absolute atomic E-state index is 14.4. The van der Waals surface area contributed by atoms with Crippen molar-refractivity contribution < 1.29 is 14.0 Å². The van der Waals surface area contributed by atoms with Gasteiger partial charge in [-0.05, 0) is 31.0 Å². The molecule has 0 atom stereocenters. The number of hydrogen-bond donors (Lipinski definition) is 1. The van der Waals surface area contributed by atoms with Crippen LogP contribution in [0.15, 0.2) is 42.9 Å². The summed E-state index contributed by atoms with van der Waals surface area (Å²) in [6.07, 6.45) is 6.47. The molecule has 3 aromatic rings. The second-order valence-electron chi connectivity index (χ2n) is 6.44. The van der Waals surface area contributed by atoms with Crippen molar-refractivity contribution in [2.45, 2.75) is 25.4 Å². The summed E-state index contributed by atoms with van der Waals surface area (Å²) >= 11 is 1.21. The Hall–Kier alpha value is -3.20. The highest BCUT2D eigenvalue weighted by molar-refractivity contribution is 7.16. The lowest BCUT2D eigenvalue weighted by molar-refractivity contribution is 0.0732. The number of nitrogens with zero attached hydrogens (tertiary/aromatic N) is 4. The van der Waals surface area contributed by atoms with Crippen LogP contribution in [0.25, 0.3) is 10.8 Å². The molecular formula is C19H16FN5O2S. The quantitative estimate of drug-likeness (QED) is 0.689. The SMILES string of the molecule is NC(=O)c1ccc(CN(C(=O)c2cnc(-c3ncccn3)s2)C2CC2)c(F)c1. The third kappa shape index (κ3) is 3.74. The number of thiazole rings is 1. The molecular weight excluding hydrogens is 381 g/mol. The highest BCUT2D eigenvalue weighted by Crippen LogP contribution is 2.32. The molecule has 142 valence electrons. The van der Waals surface area contributed by atoms with E-state index in [2.05, 4.69) is 15.0 Å². The number of carbonyl (C=O) groups is 2. The van der Waals surface area contributed by atoms with Crippen LogP contribution >= 0.6 is 11.3 Å². The standard InChI is InChI=1S/C19H16FN5O2S/c20-14-8-11(16(21)26)2-3-12(14)10-25(13-4-5-13)19(27)15-9-24-18(28-15)17-22-6-1-7-23-17/h1-3,6-9,13H,4-5,10H2,(H2,21,26). The van der Waals surface area contributed by atoms with E-state index in [1.54, 1.807) is 23.4 Å². The third-order valence-electron chi connectivity index (χ3n) is 4.40. The minimum Gasteiger partial charge on any atom is -0.366 e. The normalized spacial score (nSPS) is 13.3. The highest BCUT2D eigenvalue weighted by atomic mass is 32.1. The monoisotopic (exact) mass is 397 g/mol. The van der Waals surface area contributed by atoms with Crippen molar-refractivity contribution in [2.75, 3.05) is 0 Å². The number of benzene rings is 1. The van der Waals surface area contributed by atoms with Gasteiger partial charge >= 0.3 is 0 Å². The fraction of sp³-hybridized carbons (Fsp3) is 0.211. The number of aromatic nitrogens is 3. The van der Waals surface area contributed by atoms with Crippen molar-refractivity contribution in [1.82, 2.24) is 19.9 Å². The fourth-order valence-corrected chi connectivity index (χ4v) is 3.61. The molecule has 1 aromatic carbocycles. The summed E-state index contributed by atoms with van der Waals surface area (Å²) in [5, 5.41) is 0.552. The minimum atomic E-state index is -0.694. The number of amides is 2. The number of nitrogens with two attached hydrogens (primary N) is 1. The highest BCUT2D eigenvalue weighted by Gasteiger charge is 2.34. The van der Waals surface area contributed by atoms with Crippen LogP contribution in [-0.4, -0.2) is 37.7 Å². The van der Waals surface area contributed by atoms with E-state index in [-0.39, 0.29) is 24.1 Å². The maximum Gasteiger partial charge on any atom is 0.266 e. The van der Waals surface area contributed by atoms with Gasteiger partial charge < -0.3 is 10.6 Å². The van der Waals surface area contributed by atoms with Crippen LogP contribution in [0.2, 0.25) is 0 Å². The second kappa shape index (κ2) is 7.43. The number of rotatable bonds is 6. The van der Waals surface area contributed by atoms with E-state index < -0.39 is 11.7 Å². The summed E-state index contributed by atoms with van der Waals surface area (Å²) in [5.74, 6) is -1.00. The molecule has 0 aliphatic heterocycles. The first-order valence-corrected chi connectivity index (χ1v) is 9.47. The maximum atomic E-state index is 14.4. The Bertz CT molecular complexity index is 1040. The van der Waals surface area contributed by atoms with Gasteiger partial charge in [-0.3, -0.25) is 9.59 Å². The Morgan fingerprint density at radius 2 is 1.96 bits per heavy atom. The van der Waals surface area contributed by atoms with Gasteiger partial charge in [0.15, 0.2) is 10.8 Å². The van der Waals surface area contributed by atoms with Gasteiger partial charge in [0.25, 0.3) is 5.91 Å². The molecule has 0 unspecified atom stereocenters. The lowest BCUT2D eigenvalue weighted by Gasteiger charge is -2.22. The Morgan fingerprint density at radius 3 is 2.61 bits per heavy atom. The van der Waals surface area contributed by atoms with Crippen LogP contribution in [0.1, 0.15) is 38.4 Å². The fourth-order valence-electron chi connectivity index (χ4n) is 2.79. The van der Waals surface area contributed by atoms with Crippen LogP contribution in [0.4, 0.5) is 4.39 Å². The number of carbonyl (C=O) groups excluding carboxylic acids is 2. The number of hydrogen-bond acceptors (Lipinski definition) is 6. The molecule has 2 N–H and O–H groups in total. The first-order chi connectivity index (χ1) is 13.5. The summed E-state index contributed by atoms with van der Waals surface area (Å²) in [5.41, 5.74) is 5.61. The van der Waals surface area contributed by atoms with Crippen LogP contribution in [0, 0.1) is 5.82 Å². The first kappa shape index (κ1) is 18.2. The summed E-state index contributed by atoms with van der Waals surface area (Å²) in [4.78, 5) is 38.8. The topological polar surface area (TPSA) is 102 Å². The zero-order valence-electron chi connectivity index (χ0n) is 14.7. The molecule has 0 spiro atoms. The lowest BCUT2D eigenvalue weighted by atomic mass is 10.1. The van der Waals surface area contributed by atoms with E-state index in [1.807, 2.05) is 0 Å². The first-order valence-electron chi connectivity index (χ1n) is 8.65.